The third kappa shape index (κ3) is 2.94. The molecule has 5 fully saturated rings. The first kappa shape index (κ1) is 23.1. The first-order chi connectivity index (χ1) is 16.0. The quantitative estimate of drug-likeness (QED) is 0.416. The molecule has 0 aromatic heterocycles. The molecule has 1 unspecified atom stereocenters. The zero-order valence-corrected chi connectivity index (χ0v) is 21.8. The van der Waals surface area contributed by atoms with E-state index in [9.17, 15) is 9.59 Å². The molecule has 8 atom stereocenters. The van der Waals surface area contributed by atoms with Crippen molar-refractivity contribution in [3.8, 4) is 0 Å². The second-order valence-corrected chi connectivity index (χ2v) is 13.4. The summed E-state index contributed by atoms with van der Waals surface area (Å²) >= 11 is 0. The lowest BCUT2D eigenvalue weighted by molar-refractivity contribution is -0.176. The summed E-state index contributed by atoms with van der Waals surface area (Å²) in [6.45, 7) is 10.3. The van der Waals surface area contributed by atoms with E-state index < -0.39 is 11.6 Å². The Labute approximate surface area is 205 Å². The fourth-order valence-corrected chi connectivity index (χ4v) is 9.87. The standard InChI is InChI=1S/C29H43NO4/c1-18-22-8-9-24-23-7-6-20-16-21(33-25(32)29(14-15-29)34-19(2)31)10-11-26(20,3)27(23,4)12-13-28(22,24)17-30(18)5/h6,18,21-24H,7-17H2,1-5H3/t18-,21-,22+,23-,24?,26-,27-,28-/m0/s1. The van der Waals surface area contributed by atoms with Crippen molar-refractivity contribution in [3.63, 3.8) is 0 Å². The minimum Gasteiger partial charge on any atom is -0.459 e. The number of ether oxygens (including phenoxy) is 2. The van der Waals surface area contributed by atoms with Gasteiger partial charge in [0.15, 0.2) is 0 Å². The summed E-state index contributed by atoms with van der Waals surface area (Å²) in [4.78, 5) is 26.9. The van der Waals surface area contributed by atoms with Crippen LogP contribution >= 0.6 is 0 Å². The SMILES string of the molecule is CC(=O)OC1(C(=O)O[C@H]2CC[C@@]3(C)C(=CC[C@H]4C5CC[C@@H]6[C@H](C)N(C)C[C@]56CC[C@@]43C)C2)CC1. The highest BCUT2D eigenvalue weighted by Crippen LogP contribution is 2.73. The third-order valence-corrected chi connectivity index (χ3v) is 12.2. The van der Waals surface area contributed by atoms with E-state index in [0.717, 1.165) is 43.1 Å². The molecule has 1 saturated heterocycles. The Kier molecular flexibility index (Phi) is 4.98. The maximum absolute atomic E-state index is 12.8. The second-order valence-electron chi connectivity index (χ2n) is 13.4. The van der Waals surface area contributed by atoms with Crippen molar-refractivity contribution < 1.29 is 19.1 Å². The lowest BCUT2D eigenvalue weighted by Gasteiger charge is -2.64. The number of allylic oxidation sites excluding steroid dienone is 1. The number of carbonyl (C=O) groups is 2. The average Bonchev–Trinajstić information content (AvgIpc) is 3.39. The predicted octanol–water partition coefficient (Wildman–Crippen LogP) is 5.28. The first-order valence-corrected chi connectivity index (χ1v) is 13.9. The van der Waals surface area contributed by atoms with Crippen LogP contribution in [-0.2, 0) is 19.1 Å². The Morgan fingerprint density at radius 3 is 2.44 bits per heavy atom. The molecule has 0 N–H and O–H groups in total. The Morgan fingerprint density at radius 1 is 1.00 bits per heavy atom. The van der Waals surface area contributed by atoms with E-state index >= 15 is 0 Å². The molecule has 1 heterocycles. The van der Waals surface area contributed by atoms with Gasteiger partial charge in [0, 0.05) is 38.8 Å². The Balaban J connectivity index is 1.21. The van der Waals surface area contributed by atoms with Crippen LogP contribution in [0, 0.1) is 34.0 Å². The molecule has 6 rings (SSSR count). The van der Waals surface area contributed by atoms with Crippen LogP contribution in [0.25, 0.3) is 0 Å². The van der Waals surface area contributed by atoms with Gasteiger partial charge in [-0.15, -0.1) is 0 Å². The summed E-state index contributed by atoms with van der Waals surface area (Å²) in [5.41, 5.74) is 1.60. The van der Waals surface area contributed by atoms with Gasteiger partial charge >= 0.3 is 11.9 Å². The van der Waals surface area contributed by atoms with Gasteiger partial charge in [0.2, 0.25) is 5.60 Å². The van der Waals surface area contributed by atoms with Crippen molar-refractivity contribution in [1.82, 2.24) is 4.90 Å². The molecule has 1 spiro atoms. The lowest BCUT2D eigenvalue weighted by Crippen LogP contribution is -2.57. The zero-order valence-electron chi connectivity index (χ0n) is 21.8. The second kappa shape index (κ2) is 7.33. The number of rotatable bonds is 3. The maximum atomic E-state index is 12.8. The molecule has 34 heavy (non-hydrogen) atoms. The predicted molar refractivity (Wildman–Crippen MR) is 130 cm³/mol. The monoisotopic (exact) mass is 469 g/mol. The summed E-state index contributed by atoms with van der Waals surface area (Å²) in [6, 6.07) is 0.728. The van der Waals surface area contributed by atoms with Gasteiger partial charge in [-0.25, -0.2) is 4.79 Å². The first-order valence-electron chi connectivity index (χ1n) is 13.9. The Bertz CT molecular complexity index is 938. The van der Waals surface area contributed by atoms with Gasteiger partial charge in [-0.05, 0) is 92.9 Å². The van der Waals surface area contributed by atoms with Crippen molar-refractivity contribution >= 4 is 11.9 Å². The van der Waals surface area contributed by atoms with Crippen molar-refractivity contribution in [2.45, 2.75) is 110 Å². The van der Waals surface area contributed by atoms with Gasteiger partial charge in [-0.1, -0.05) is 25.5 Å². The largest absolute Gasteiger partial charge is 0.459 e. The van der Waals surface area contributed by atoms with Crippen LogP contribution in [0.3, 0.4) is 0 Å². The molecule has 6 aliphatic rings. The van der Waals surface area contributed by atoms with Gasteiger partial charge in [-0.2, -0.15) is 0 Å². The van der Waals surface area contributed by atoms with Gasteiger partial charge in [-0.3, -0.25) is 4.79 Å². The summed E-state index contributed by atoms with van der Waals surface area (Å²) < 4.78 is 11.3. The number of likely N-dealkylation sites (tertiary alicyclic amines) is 1. The minimum atomic E-state index is -0.993. The highest BCUT2D eigenvalue weighted by molar-refractivity contribution is 5.86. The average molecular weight is 470 g/mol. The summed E-state index contributed by atoms with van der Waals surface area (Å²) in [6.07, 6.45) is 13.2. The van der Waals surface area contributed by atoms with Gasteiger partial charge in [0.25, 0.3) is 0 Å². The molecule has 0 amide bonds. The molecular weight excluding hydrogens is 426 g/mol. The number of hydrogen-bond donors (Lipinski definition) is 0. The molecule has 1 aliphatic heterocycles. The lowest BCUT2D eigenvalue weighted by atomic mass is 9.40. The van der Waals surface area contributed by atoms with Crippen molar-refractivity contribution in [2.75, 3.05) is 13.6 Å². The van der Waals surface area contributed by atoms with E-state index in [1.165, 1.54) is 51.1 Å². The fraction of sp³-hybridized carbons (Fsp3) is 0.862. The topological polar surface area (TPSA) is 55.8 Å². The number of esters is 2. The molecule has 5 heteroatoms. The van der Waals surface area contributed by atoms with E-state index in [0.29, 0.717) is 23.7 Å². The molecule has 4 saturated carbocycles. The summed E-state index contributed by atoms with van der Waals surface area (Å²) in [5, 5.41) is 0. The van der Waals surface area contributed by atoms with Gasteiger partial charge in [0.05, 0.1) is 0 Å². The highest BCUT2D eigenvalue weighted by Gasteiger charge is 2.67. The van der Waals surface area contributed by atoms with Gasteiger partial charge in [0.1, 0.15) is 6.10 Å². The maximum Gasteiger partial charge on any atom is 0.350 e. The smallest absolute Gasteiger partial charge is 0.350 e. The normalized spacial score (nSPS) is 48.6. The zero-order chi connectivity index (χ0) is 24.1. The van der Waals surface area contributed by atoms with Crippen LogP contribution in [0.5, 0.6) is 0 Å². The van der Waals surface area contributed by atoms with E-state index in [-0.39, 0.29) is 17.5 Å². The molecule has 0 aromatic carbocycles. The van der Waals surface area contributed by atoms with Crippen LogP contribution in [0.1, 0.15) is 91.9 Å². The molecule has 188 valence electrons. The number of hydrogen-bond acceptors (Lipinski definition) is 5. The van der Waals surface area contributed by atoms with Crippen LogP contribution in [0.4, 0.5) is 0 Å². The Morgan fingerprint density at radius 2 is 1.74 bits per heavy atom. The Hall–Kier alpha value is -1.36. The minimum absolute atomic E-state index is 0.0878. The van der Waals surface area contributed by atoms with Crippen LogP contribution < -0.4 is 0 Å². The summed E-state index contributed by atoms with van der Waals surface area (Å²) in [7, 11) is 2.35. The number of fused-ring (bicyclic) bond motifs is 4. The molecule has 0 aromatic rings. The fourth-order valence-electron chi connectivity index (χ4n) is 9.87. The molecule has 5 nitrogen and oxygen atoms in total. The van der Waals surface area contributed by atoms with E-state index in [1.807, 2.05) is 0 Å². The van der Waals surface area contributed by atoms with Crippen molar-refractivity contribution in [3.05, 3.63) is 11.6 Å². The highest BCUT2D eigenvalue weighted by atomic mass is 16.6. The van der Waals surface area contributed by atoms with Crippen LogP contribution in [-0.4, -0.2) is 48.2 Å². The van der Waals surface area contributed by atoms with Gasteiger partial charge < -0.3 is 14.4 Å². The van der Waals surface area contributed by atoms with Crippen molar-refractivity contribution in [1.29, 1.82) is 0 Å². The van der Waals surface area contributed by atoms with E-state index in [2.05, 4.69) is 38.8 Å². The van der Waals surface area contributed by atoms with E-state index in [4.69, 9.17) is 9.47 Å². The van der Waals surface area contributed by atoms with Crippen LogP contribution in [0.15, 0.2) is 11.6 Å². The summed E-state index contributed by atoms with van der Waals surface area (Å²) in [5.74, 6) is 1.79. The number of carbonyl (C=O) groups excluding carboxylic acids is 2. The molecule has 0 radical (unpaired) electrons. The van der Waals surface area contributed by atoms with Crippen molar-refractivity contribution in [2.24, 2.45) is 34.0 Å². The molecule has 0 bridgehead atoms. The molecular formula is C29H43NO4. The molecule has 5 aliphatic carbocycles. The van der Waals surface area contributed by atoms with E-state index in [1.54, 1.807) is 0 Å². The third-order valence-electron chi connectivity index (χ3n) is 12.2. The number of nitrogens with zero attached hydrogens (tertiary/aromatic N) is 1. The van der Waals surface area contributed by atoms with Crippen LogP contribution in [0.2, 0.25) is 0 Å².